The summed E-state index contributed by atoms with van der Waals surface area (Å²) in [6, 6.07) is 14.0. The van der Waals surface area contributed by atoms with Crippen LogP contribution < -0.4 is 5.48 Å². The number of hydrogen-bond donors (Lipinski definition) is 2. The number of para-hydroxylation sites is 1. The van der Waals surface area contributed by atoms with E-state index < -0.39 is 0 Å². The Morgan fingerprint density at radius 2 is 1.95 bits per heavy atom. The normalized spacial score (nSPS) is 10.6. The van der Waals surface area contributed by atoms with Crippen molar-refractivity contribution in [1.29, 1.82) is 0 Å². The molecule has 0 spiro atoms. The summed E-state index contributed by atoms with van der Waals surface area (Å²) in [4.78, 5) is 15.8. The molecule has 0 amide bonds. The zero-order valence-electron chi connectivity index (χ0n) is 11.6. The molecule has 2 rings (SSSR count). The number of carbonyl (C=O) groups is 1. The molecule has 0 atom stereocenters. The van der Waals surface area contributed by atoms with Crippen LogP contribution in [-0.4, -0.2) is 24.0 Å². The molecule has 2 N–H and O–H groups in total. The zero-order valence-corrected chi connectivity index (χ0v) is 11.6. The molecule has 0 unspecified atom stereocenters. The molecule has 0 fully saturated rings. The van der Waals surface area contributed by atoms with E-state index in [1.165, 1.54) is 0 Å². The van der Waals surface area contributed by atoms with E-state index in [1.807, 2.05) is 18.2 Å². The maximum Gasteiger partial charge on any atom is 0.338 e. The number of rotatable bonds is 5. The molecule has 0 aliphatic carbocycles. The van der Waals surface area contributed by atoms with E-state index >= 15 is 0 Å². The van der Waals surface area contributed by atoms with Gasteiger partial charge < -0.3 is 4.74 Å². The van der Waals surface area contributed by atoms with E-state index in [2.05, 4.69) is 10.5 Å². The van der Waals surface area contributed by atoms with E-state index in [-0.39, 0.29) is 5.97 Å². The van der Waals surface area contributed by atoms with Crippen molar-refractivity contribution in [3.05, 3.63) is 59.7 Å². The Kier molecular flexibility index (Phi) is 5.06. The molecule has 108 valence electrons. The molecule has 0 aliphatic rings. The Morgan fingerprint density at radius 1 is 1.24 bits per heavy atom. The molecule has 0 aliphatic heterocycles. The van der Waals surface area contributed by atoms with Crippen LogP contribution in [0.2, 0.25) is 0 Å². The maximum atomic E-state index is 11.5. The zero-order chi connectivity index (χ0) is 15.1. The Bertz CT molecular complexity index is 636. The van der Waals surface area contributed by atoms with Gasteiger partial charge >= 0.3 is 5.97 Å². The van der Waals surface area contributed by atoms with Crippen LogP contribution in [0.1, 0.15) is 22.8 Å². The van der Waals surface area contributed by atoms with Gasteiger partial charge in [-0.05, 0) is 37.3 Å². The van der Waals surface area contributed by atoms with E-state index in [9.17, 15) is 4.79 Å². The summed E-state index contributed by atoms with van der Waals surface area (Å²) in [6.07, 6.45) is 1.64. The van der Waals surface area contributed by atoms with Gasteiger partial charge in [-0.15, -0.1) is 0 Å². The summed E-state index contributed by atoms with van der Waals surface area (Å²) in [7, 11) is 0. The highest BCUT2D eigenvalue weighted by molar-refractivity contribution is 5.91. The Balaban J connectivity index is 2.13. The summed E-state index contributed by atoms with van der Waals surface area (Å²) in [5.41, 5.74) is 4.65. The number of ether oxygens (including phenoxy) is 1. The number of benzene rings is 2. The van der Waals surface area contributed by atoms with Gasteiger partial charge in [0.25, 0.3) is 0 Å². The van der Waals surface area contributed by atoms with Crippen molar-refractivity contribution in [2.45, 2.75) is 6.92 Å². The molecule has 0 bridgehead atoms. The standard InChI is InChI=1S/C16H16N2O3/c1-2-21-16(19)12-7-9-14(10-8-12)17-11-13-5-3-4-6-15(13)18-20/h3-11,18,20H,2H2,1H3. The van der Waals surface area contributed by atoms with Gasteiger partial charge in [0.2, 0.25) is 0 Å². The Labute approximate surface area is 122 Å². The van der Waals surface area contributed by atoms with Crippen LogP contribution in [0.15, 0.2) is 53.5 Å². The van der Waals surface area contributed by atoms with Crippen LogP contribution in [0.5, 0.6) is 0 Å². The fourth-order valence-electron chi connectivity index (χ4n) is 1.75. The lowest BCUT2D eigenvalue weighted by Gasteiger charge is -2.03. The lowest BCUT2D eigenvalue weighted by Crippen LogP contribution is -2.03. The topological polar surface area (TPSA) is 70.9 Å². The average molecular weight is 284 g/mol. The number of anilines is 1. The third-order valence-corrected chi connectivity index (χ3v) is 2.81. The van der Waals surface area contributed by atoms with Gasteiger partial charge in [-0.3, -0.25) is 15.7 Å². The number of hydrogen-bond acceptors (Lipinski definition) is 5. The van der Waals surface area contributed by atoms with Gasteiger partial charge in [0.1, 0.15) is 0 Å². The number of aliphatic imine (C=N–C) groups is 1. The van der Waals surface area contributed by atoms with Crippen LogP contribution in [-0.2, 0) is 4.74 Å². The molecule has 5 heteroatoms. The van der Waals surface area contributed by atoms with Crippen LogP contribution in [0.25, 0.3) is 0 Å². The smallest absolute Gasteiger partial charge is 0.338 e. The van der Waals surface area contributed by atoms with Crippen molar-refractivity contribution in [3.63, 3.8) is 0 Å². The molecule has 5 nitrogen and oxygen atoms in total. The van der Waals surface area contributed by atoms with Crippen LogP contribution in [0.4, 0.5) is 11.4 Å². The second-order valence-electron chi connectivity index (χ2n) is 4.22. The van der Waals surface area contributed by atoms with Gasteiger partial charge in [-0.2, -0.15) is 0 Å². The highest BCUT2D eigenvalue weighted by Gasteiger charge is 2.05. The first-order valence-electron chi connectivity index (χ1n) is 6.55. The molecular formula is C16H16N2O3. The van der Waals surface area contributed by atoms with Crippen molar-refractivity contribution in [1.82, 2.24) is 0 Å². The fraction of sp³-hybridized carbons (Fsp3) is 0.125. The van der Waals surface area contributed by atoms with E-state index in [0.29, 0.717) is 23.5 Å². The minimum atomic E-state index is -0.345. The predicted octanol–water partition coefficient (Wildman–Crippen LogP) is 3.42. The lowest BCUT2D eigenvalue weighted by molar-refractivity contribution is 0.0526. The van der Waals surface area contributed by atoms with Crippen molar-refractivity contribution < 1.29 is 14.7 Å². The lowest BCUT2D eigenvalue weighted by atomic mass is 10.2. The number of carbonyl (C=O) groups excluding carboxylic acids is 1. The van der Waals surface area contributed by atoms with Crippen LogP contribution in [0.3, 0.4) is 0 Å². The minimum absolute atomic E-state index is 0.345. The highest BCUT2D eigenvalue weighted by atomic mass is 16.5. The third-order valence-electron chi connectivity index (χ3n) is 2.81. The molecule has 0 saturated carbocycles. The quantitative estimate of drug-likeness (QED) is 0.501. The molecular weight excluding hydrogens is 268 g/mol. The summed E-state index contributed by atoms with van der Waals surface area (Å²) >= 11 is 0. The Morgan fingerprint density at radius 3 is 2.62 bits per heavy atom. The fourth-order valence-corrected chi connectivity index (χ4v) is 1.75. The second kappa shape index (κ2) is 7.21. The summed E-state index contributed by atoms with van der Waals surface area (Å²) in [6.45, 7) is 2.12. The minimum Gasteiger partial charge on any atom is -0.462 e. The van der Waals surface area contributed by atoms with Gasteiger partial charge in [0, 0.05) is 11.8 Å². The monoisotopic (exact) mass is 284 g/mol. The van der Waals surface area contributed by atoms with E-state index in [1.54, 1.807) is 43.5 Å². The first-order chi connectivity index (χ1) is 10.2. The average Bonchev–Trinajstić information content (AvgIpc) is 2.54. The van der Waals surface area contributed by atoms with Crippen molar-refractivity contribution in [2.24, 2.45) is 4.99 Å². The van der Waals surface area contributed by atoms with Crippen LogP contribution >= 0.6 is 0 Å². The molecule has 2 aromatic rings. The summed E-state index contributed by atoms with van der Waals surface area (Å²) < 4.78 is 4.91. The molecule has 0 aromatic heterocycles. The largest absolute Gasteiger partial charge is 0.462 e. The van der Waals surface area contributed by atoms with Crippen molar-refractivity contribution >= 4 is 23.6 Å². The van der Waals surface area contributed by atoms with Gasteiger partial charge in [0.15, 0.2) is 0 Å². The predicted molar refractivity (Wildman–Crippen MR) is 81.5 cm³/mol. The van der Waals surface area contributed by atoms with Crippen LogP contribution in [0, 0.1) is 0 Å². The van der Waals surface area contributed by atoms with Gasteiger partial charge in [-0.1, -0.05) is 18.2 Å². The first-order valence-corrected chi connectivity index (χ1v) is 6.55. The number of nitrogens with zero attached hydrogens (tertiary/aromatic N) is 1. The molecule has 21 heavy (non-hydrogen) atoms. The summed E-state index contributed by atoms with van der Waals surface area (Å²) in [5, 5.41) is 9.00. The second-order valence-corrected chi connectivity index (χ2v) is 4.22. The number of esters is 1. The molecule has 0 saturated heterocycles. The van der Waals surface area contributed by atoms with E-state index in [4.69, 9.17) is 9.94 Å². The maximum absolute atomic E-state index is 11.5. The molecule has 2 aromatic carbocycles. The van der Waals surface area contributed by atoms with Crippen molar-refractivity contribution in [3.8, 4) is 0 Å². The van der Waals surface area contributed by atoms with Gasteiger partial charge in [-0.25, -0.2) is 4.79 Å². The molecule has 0 heterocycles. The third kappa shape index (κ3) is 3.90. The summed E-state index contributed by atoms with van der Waals surface area (Å²) in [5.74, 6) is -0.345. The van der Waals surface area contributed by atoms with Gasteiger partial charge in [0.05, 0.1) is 23.5 Å². The molecule has 0 radical (unpaired) electrons. The SMILES string of the molecule is CCOC(=O)c1ccc(N=Cc2ccccc2NO)cc1. The first kappa shape index (κ1) is 14.7. The number of nitrogens with one attached hydrogen (secondary N) is 1. The Hall–Kier alpha value is -2.66. The highest BCUT2D eigenvalue weighted by Crippen LogP contribution is 2.16. The van der Waals surface area contributed by atoms with Crippen molar-refractivity contribution in [2.75, 3.05) is 12.1 Å². The van der Waals surface area contributed by atoms with E-state index in [0.717, 1.165) is 5.56 Å².